The molecule has 11 rings (SSSR count). The maximum absolute atomic E-state index is 5.11. The zero-order valence-corrected chi connectivity index (χ0v) is 31.0. The normalized spacial score (nSPS) is 11.6. The molecule has 56 heavy (non-hydrogen) atoms. The van der Waals surface area contributed by atoms with Crippen molar-refractivity contribution in [2.75, 3.05) is 0 Å². The zero-order chi connectivity index (χ0) is 37.0. The third-order valence-electron chi connectivity index (χ3n) is 10.7. The molecule has 0 aliphatic rings. The molecule has 0 unspecified atom stereocenters. The highest BCUT2D eigenvalue weighted by atomic mass is 32.1. The molecular weight excluding hydrogens is 701 g/mol. The van der Waals surface area contributed by atoms with Crippen LogP contribution in [0.25, 0.3) is 104 Å². The Balaban J connectivity index is 1.04. The van der Waals surface area contributed by atoms with Gasteiger partial charge in [0.05, 0.1) is 11.0 Å². The number of hydrogen-bond donors (Lipinski definition) is 0. The number of aromatic nitrogens is 4. The van der Waals surface area contributed by atoms with Crippen LogP contribution in [0.3, 0.4) is 0 Å². The van der Waals surface area contributed by atoms with Crippen molar-refractivity contribution in [3.05, 3.63) is 194 Å². The number of benzene rings is 8. The Kier molecular flexibility index (Phi) is 7.64. The van der Waals surface area contributed by atoms with Gasteiger partial charge in [0, 0.05) is 53.3 Å². The van der Waals surface area contributed by atoms with Gasteiger partial charge in [-0.15, -0.1) is 11.3 Å². The fraction of sp³-hybridized carbons (Fsp3) is 0. The molecule has 5 heteroatoms. The molecule has 3 heterocycles. The predicted molar refractivity (Wildman–Crippen MR) is 234 cm³/mol. The molecule has 8 aromatic carbocycles. The Hall–Kier alpha value is -7.21. The van der Waals surface area contributed by atoms with Crippen LogP contribution in [0.15, 0.2) is 194 Å². The summed E-state index contributed by atoms with van der Waals surface area (Å²) >= 11 is 1.80. The number of thiophene rings is 1. The van der Waals surface area contributed by atoms with E-state index in [2.05, 4.69) is 180 Å². The first-order valence-corrected chi connectivity index (χ1v) is 19.6. The van der Waals surface area contributed by atoms with E-state index in [-0.39, 0.29) is 0 Å². The molecule has 0 bridgehead atoms. The summed E-state index contributed by atoms with van der Waals surface area (Å²) in [4.78, 5) is 15.2. The number of nitrogens with zero attached hydrogens (tertiary/aromatic N) is 4. The van der Waals surface area contributed by atoms with Gasteiger partial charge in [-0.25, -0.2) is 15.0 Å². The highest BCUT2D eigenvalue weighted by Gasteiger charge is 2.17. The molecule has 0 radical (unpaired) electrons. The SMILES string of the molecule is c1ccc(-c2ccc3c(c2)c2cc(-c4ccccc4)ccc2n3-c2ccc(-c3nc(-c4ccccc4)nc(-c4ccc5c(c4)sc4ccccc45)n3)cc2)cc1. The summed E-state index contributed by atoms with van der Waals surface area (Å²) in [5.74, 6) is 1.94. The molecule has 3 aromatic heterocycles. The highest BCUT2D eigenvalue weighted by molar-refractivity contribution is 7.25. The fourth-order valence-electron chi connectivity index (χ4n) is 7.90. The van der Waals surface area contributed by atoms with E-state index < -0.39 is 0 Å². The van der Waals surface area contributed by atoms with Crippen molar-refractivity contribution in [1.82, 2.24) is 19.5 Å². The highest BCUT2D eigenvalue weighted by Crippen LogP contribution is 2.39. The van der Waals surface area contributed by atoms with Crippen LogP contribution in [0.4, 0.5) is 0 Å². The molecule has 0 N–H and O–H groups in total. The third kappa shape index (κ3) is 5.56. The second-order valence-corrected chi connectivity index (χ2v) is 15.1. The van der Waals surface area contributed by atoms with E-state index in [4.69, 9.17) is 15.0 Å². The second kappa shape index (κ2) is 13.3. The Morgan fingerprint density at radius 2 is 0.750 bits per heavy atom. The molecular formula is C51H32N4S. The van der Waals surface area contributed by atoms with Crippen LogP contribution in [0.5, 0.6) is 0 Å². The van der Waals surface area contributed by atoms with Crippen molar-refractivity contribution >= 4 is 53.3 Å². The van der Waals surface area contributed by atoms with Crippen molar-refractivity contribution in [1.29, 1.82) is 0 Å². The quantitative estimate of drug-likeness (QED) is 0.171. The molecule has 0 aliphatic carbocycles. The Labute approximate surface area is 327 Å². The standard InChI is InChI=1S/C51H32N4S/c1-4-12-33(13-5-1)37-23-28-45-43(30-37)44-31-38(34-14-6-2-7-15-34)24-29-46(44)55(45)40-25-20-36(21-26-40)50-52-49(35-16-8-3-9-17-35)53-51(54-50)39-22-27-42-41-18-10-11-19-47(41)56-48(42)32-39/h1-32H. The zero-order valence-electron chi connectivity index (χ0n) is 30.2. The first kappa shape index (κ1) is 32.2. The molecule has 0 spiro atoms. The summed E-state index contributed by atoms with van der Waals surface area (Å²) < 4.78 is 4.86. The maximum Gasteiger partial charge on any atom is 0.164 e. The summed E-state index contributed by atoms with van der Waals surface area (Å²) in [6.07, 6.45) is 0. The van der Waals surface area contributed by atoms with E-state index in [1.165, 1.54) is 53.2 Å². The maximum atomic E-state index is 5.11. The van der Waals surface area contributed by atoms with Gasteiger partial charge in [-0.1, -0.05) is 133 Å². The van der Waals surface area contributed by atoms with Gasteiger partial charge in [-0.05, 0) is 82.9 Å². The minimum absolute atomic E-state index is 0.638. The third-order valence-corrected chi connectivity index (χ3v) is 11.8. The van der Waals surface area contributed by atoms with Crippen LogP contribution < -0.4 is 0 Å². The summed E-state index contributed by atoms with van der Waals surface area (Å²) in [7, 11) is 0. The van der Waals surface area contributed by atoms with E-state index >= 15 is 0 Å². The Morgan fingerprint density at radius 3 is 1.34 bits per heavy atom. The van der Waals surface area contributed by atoms with E-state index in [0.717, 1.165) is 33.4 Å². The smallest absolute Gasteiger partial charge is 0.164 e. The second-order valence-electron chi connectivity index (χ2n) is 14.1. The first-order valence-electron chi connectivity index (χ1n) is 18.8. The lowest BCUT2D eigenvalue weighted by atomic mass is 10.0. The Morgan fingerprint density at radius 1 is 0.304 bits per heavy atom. The van der Waals surface area contributed by atoms with Gasteiger partial charge in [-0.2, -0.15) is 0 Å². The molecule has 0 saturated carbocycles. The van der Waals surface area contributed by atoms with Gasteiger partial charge in [0.15, 0.2) is 17.5 Å². The van der Waals surface area contributed by atoms with Gasteiger partial charge in [-0.3, -0.25) is 0 Å². The molecule has 0 aliphatic heterocycles. The monoisotopic (exact) mass is 732 g/mol. The lowest BCUT2D eigenvalue weighted by Gasteiger charge is -2.11. The van der Waals surface area contributed by atoms with Gasteiger partial charge in [0.25, 0.3) is 0 Å². The van der Waals surface area contributed by atoms with Crippen LogP contribution in [-0.4, -0.2) is 19.5 Å². The first-order chi connectivity index (χ1) is 27.7. The topological polar surface area (TPSA) is 43.6 Å². The van der Waals surface area contributed by atoms with E-state index in [1.807, 2.05) is 18.2 Å². The molecule has 4 nitrogen and oxygen atoms in total. The van der Waals surface area contributed by atoms with Gasteiger partial charge in [0.2, 0.25) is 0 Å². The predicted octanol–water partition coefficient (Wildman–Crippen LogP) is 13.7. The number of rotatable bonds is 6. The summed E-state index contributed by atoms with van der Waals surface area (Å²) in [6, 6.07) is 68.7. The molecule has 0 saturated heterocycles. The van der Waals surface area contributed by atoms with Crippen LogP contribution in [0.1, 0.15) is 0 Å². The van der Waals surface area contributed by atoms with Crippen molar-refractivity contribution in [3.8, 4) is 62.1 Å². The van der Waals surface area contributed by atoms with E-state index in [9.17, 15) is 0 Å². The largest absolute Gasteiger partial charge is 0.309 e. The van der Waals surface area contributed by atoms with Crippen molar-refractivity contribution in [3.63, 3.8) is 0 Å². The van der Waals surface area contributed by atoms with Crippen molar-refractivity contribution in [2.24, 2.45) is 0 Å². The van der Waals surface area contributed by atoms with Crippen molar-refractivity contribution < 1.29 is 0 Å². The van der Waals surface area contributed by atoms with Crippen LogP contribution in [0.2, 0.25) is 0 Å². The minimum Gasteiger partial charge on any atom is -0.309 e. The van der Waals surface area contributed by atoms with Gasteiger partial charge >= 0.3 is 0 Å². The molecule has 0 amide bonds. The van der Waals surface area contributed by atoms with Crippen LogP contribution in [-0.2, 0) is 0 Å². The van der Waals surface area contributed by atoms with E-state index in [0.29, 0.717) is 17.5 Å². The molecule has 262 valence electrons. The summed E-state index contributed by atoms with van der Waals surface area (Å²) in [5.41, 5.74) is 11.0. The number of fused-ring (bicyclic) bond motifs is 6. The average Bonchev–Trinajstić information content (AvgIpc) is 3.82. The van der Waals surface area contributed by atoms with Gasteiger partial charge in [0.1, 0.15) is 0 Å². The van der Waals surface area contributed by atoms with Gasteiger partial charge < -0.3 is 4.57 Å². The Bertz CT molecular complexity index is 3130. The average molecular weight is 733 g/mol. The van der Waals surface area contributed by atoms with E-state index in [1.54, 1.807) is 11.3 Å². The lowest BCUT2D eigenvalue weighted by molar-refractivity contribution is 1.07. The lowest BCUT2D eigenvalue weighted by Crippen LogP contribution is -2.00. The molecule has 0 fully saturated rings. The molecule has 0 atom stereocenters. The fourth-order valence-corrected chi connectivity index (χ4v) is 9.04. The van der Waals surface area contributed by atoms with Crippen LogP contribution >= 0.6 is 11.3 Å². The summed E-state index contributed by atoms with van der Waals surface area (Å²) in [6.45, 7) is 0. The number of hydrogen-bond acceptors (Lipinski definition) is 4. The molecule has 11 aromatic rings. The minimum atomic E-state index is 0.638. The van der Waals surface area contributed by atoms with Crippen molar-refractivity contribution in [2.45, 2.75) is 0 Å². The summed E-state index contributed by atoms with van der Waals surface area (Å²) in [5, 5.41) is 4.96. The van der Waals surface area contributed by atoms with Crippen LogP contribution in [0, 0.1) is 0 Å².